The number of halogens is 5. The molecule has 172 valence electrons. The summed E-state index contributed by atoms with van der Waals surface area (Å²) in [5.41, 5.74) is -0.674. The lowest BCUT2D eigenvalue weighted by Crippen LogP contribution is -2.21. The average Bonchev–Trinajstić information content (AvgIpc) is 3.20. The third-order valence-corrected chi connectivity index (χ3v) is 8.56. The molecule has 2 aromatic carbocycles. The Balaban J connectivity index is 2.03. The molecule has 3 rings (SSSR count). The quantitative estimate of drug-likeness (QED) is 0.404. The van der Waals surface area contributed by atoms with Crippen LogP contribution in [-0.2, 0) is 20.0 Å². The Bertz CT molecular complexity index is 1350. The number of para-hydroxylation sites is 1. The van der Waals surface area contributed by atoms with Gasteiger partial charge in [0, 0.05) is 0 Å². The summed E-state index contributed by atoms with van der Waals surface area (Å²) < 4.78 is 96.7. The van der Waals surface area contributed by atoms with E-state index >= 15 is 0 Å². The minimum Gasteiger partial charge on any atom is -0.404 e. The van der Waals surface area contributed by atoms with Crippen molar-refractivity contribution in [1.29, 1.82) is 0 Å². The van der Waals surface area contributed by atoms with Crippen LogP contribution in [0.2, 0.25) is 10.0 Å². The van der Waals surface area contributed by atoms with E-state index in [1.54, 1.807) is 0 Å². The number of anilines is 2. The molecule has 0 amide bonds. The Morgan fingerprint density at radius 2 is 1.41 bits per heavy atom. The summed E-state index contributed by atoms with van der Waals surface area (Å²) in [6.07, 6.45) is -5.14. The van der Waals surface area contributed by atoms with Gasteiger partial charge in [-0.25, -0.2) is 16.8 Å². The molecule has 0 saturated heterocycles. The lowest BCUT2D eigenvalue weighted by atomic mass is 10.3. The number of hydrogen-bond donors (Lipinski definition) is 2. The number of thiophene rings is 1. The highest BCUT2D eigenvalue weighted by Crippen LogP contribution is 2.37. The second-order valence-corrected chi connectivity index (χ2v) is 11.3. The van der Waals surface area contributed by atoms with E-state index in [0.717, 1.165) is 41.7 Å². The summed E-state index contributed by atoms with van der Waals surface area (Å²) >= 11 is 12.8. The third-order valence-electron chi connectivity index (χ3n) is 3.67. The Labute approximate surface area is 194 Å². The zero-order valence-corrected chi connectivity index (χ0v) is 19.3. The Morgan fingerprint density at radius 1 is 0.844 bits per heavy atom. The zero-order valence-electron chi connectivity index (χ0n) is 15.4. The summed E-state index contributed by atoms with van der Waals surface area (Å²) in [7, 11) is -8.80. The molecule has 0 atom stereocenters. The summed E-state index contributed by atoms with van der Waals surface area (Å²) in [5.74, 6) is -0.978. The van der Waals surface area contributed by atoms with Crippen molar-refractivity contribution in [3.63, 3.8) is 0 Å². The monoisotopic (exact) mass is 546 g/mol. The first kappa shape index (κ1) is 24.5. The van der Waals surface area contributed by atoms with E-state index in [4.69, 9.17) is 23.2 Å². The first-order chi connectivity index (χ1) is 14.8. The highest BCUT2D eigenvalue weighted by molar-refractivity contribution is 7.94. The molecule has 0 spiro atoms. The Morgan fingerprint density at radius 3 is 1.94 bits per heavy atom. The summed E-state index contributed by atoms with van der Waals surface area (Å²) in [6.45, 7) is 0. The molecular formula is C17H11Cl2F3N2O5S3. The molecule has 3 aromatic rings. The molecule has 0 unspecified atom stereocenters. The maximum atomic E-state index is 12.8. The van der Waals surface area contributed by atoms with Crippen molar-refractivity contribution >= 4 is 66.0 Å². The van der Waals surface area contributed by atoms with E-state index in [9.17, 15) is 30.0 Å². The van der Waals surface area contributed by atoms with E-state index in [2.05, 4.69) is 9.46 Å². The van der Waals surface area contributed by atoms with Gasteiger partial charge in [0.15, 0.2) is 0 Å². The smallest absolute Gasteiger partial charge is 0.404 e. The van der Waals surface area contributed by atoms with Crippen LogP contribution in [0.3, 0.4) is 0 Å². The molecule has 2 N–H and O–H groups in total. The molecule has 1 heterocycles. The summed E-state index contributed by atoms with van der Waals surface area (Å²) in [4.78, 5) is -0.838. The predicted octanol–water partition coefficient (Wildman–Crippen LogP) is 5.56. The van der Waals surface area contributed by atoms with Crippen LogP contribution >= 0.6 is 34.5 Å². The van der Waals surface area contributed by atoms with Gasteiger partial charge in [-0.15, -0.1) is 24.5 Å². The van der Waals surface area contributed by atoms with Crippen molar-refractivity contribution in [2.24, 2.45) is 0 Å². The van der Waals surface area contributed by atoms with Crippen LogP contribution in [0, 0.1) is 0 Å². The average molecular weight is 547 g/mol. The van der Waals surface area contributed by atoms with Gasteiger partial charge in [0.25, 0.3) is 20.0 Å². The topological polar surface area (TPSA) is 102 Å². The number of nitrogens with one attached hydrogen (secondary N) is 2. The first-order valence-corrected chi connectivity index (χ1v) is 12.8. The number of rotatable bonds is 7. The van der Waals surface area contributed by atoms with Crippen LogP contribution in [0.1, 0.15) is 0 Å². The van der Waals surface area contributed by atoms with Gasteiger partial charge in [0.1, 0.15) is 14.9 Å². The summed E-state index contributed by atoms with van der Waals surface area (Å²) in [6, 6.07) is 8.93. The van der Waals surface area contributed by atoms with E-state index in [-0.39, 0.29) is 25.6 Å². The maximum Gasteiger partial charge on any atom is 0.573 e. The van der Waals surface area contributed by atoms with Gasteiger partial charge in [0.05, 0.1) is 21.4 Å². The number of hydrogen-bond acceptors (Lipinski definition) is 6. The normalized spacial score (nSPS) is 12.4. The number of sulfonamides is 2. The van der Waals surface area contributed by atoms with Crippen molar-refractivity contribution in [3.8, 4) is 5.75 Å². The molecule has 0 aliphatic heterocycles. The lowest BCUT2D eigenvalue weighted by molar-refractivity contribution is -0.275. The largest absolute Gasteiger partial charge is 0.573 e. The van der Waals surface area contributed by atoms with Crippen molar-refractivity contribution < 1.29 is 34.7 Å². The number of alkyl halides is 3. The number of ether oxygens (including phenoxy) is 1. The first-order valence-electron chi connectivity index (χ1n) is 8.21. The Hall–Kier alpha value is -2.19. The fourth-order valence-corrected chi connectivity index (χ4v) is 6.00. The van der Waals surface area contributed by atoms with Crippen molar-refractivity contribution in [2.75, 3.05) is 9.44 Å². The fraction of sp³-hybridized carbons (Fsp3) is 0.0588. The van der Waals surface area contributed by atoms with Crippen molar-refractivity contribution in [1.82, 2.24) is 0 Å². The van der Waals surface area contributed by atoms with Gasteiger partial charge < -0.3 is 4.74 Å². The highest BCUT2D eigenvalue weighted by Gasteiger charge is 2.34. The zero-order chi connectivity index (χ0) is 23.7. The second kappa shape index (κ2) is 8.98. The van der Waals surface area contributed by atoms with E-state index in [1.807, 2.05) is 4.72 Å². The third kappa shape index (κ3) is 5.78. The van der Waals surface area contributed by atoms with Gasteiger partial charge in [-0.05, 0) is 35.7 Å². The molecule has 15 heteroatoms. The minimum absolute atomic E-state index is 0.0682. The molecule has 0 radical (unpaired) electrons. The van der Waals surface area contributed by atoms with Crippen molar-refractivity contribution in [3.05, 3.63) is 64.0 Å². The highest BCUT2D eigenvalue weighted by atomic mass is 35.5. The molecule has 0 fully saturated rings. The van der Waals surface area contributed by atoms with E-state index in [1.165, 1.54) is 23.6 Å². The Kier molecular flexibility index (Phi) is 6.86. The van der Waals surface area contributed by atoms with Gasteiger partial charge in [-0.2, -0.15) is 0 Å². The SMILES string of the molecule is O=S(=O)(Nc1cc(Cl)c(Cl)cc1NS(=O)(=O)c1ccccc1OC(F)(F)F)c1cccs1. The maximum absolute atomic E-state index is 12.8. The van der Waals surface area contributed by atoms with Gasteiger partial charge in [-0.1, -0.05) is 41.4 Å². The molecule has 0 saturated carbocycles. The van der Waals surface area contributed by atoms with Crippen LogP contribution < -0.4 is 14.2 Å². The van der Waals surface area contributed by atoms with Crippen molar-refractivity contribution in [2.45, 2.75) is 15.5 Å². The molecule has 0 aliphatic carbocycles. The molecule has 7 nitrogen and oxygen atoms in total. The van der Waals surface area contributed by atoms with Gasteiger partial charge in [-0.3, -0.25) is 9.44 Å². The molecular weight excluding hydrogens is 536 g/mol. The van der Waals surface area contributed by atoms with Gasteiger partial charge >= 0.3 is 6.36 Å². The second-order valence-electron chi connectivity index (χ2n) is 5.95. The fourth-order valence-electron chi connectivity index (χ4n) is 2.41. The van der Waals surface area contributed by atoms with Crippen LogP contribution in [0.15, 0.2) is 63.0 Å². The number of benzene rings is 2. The van der Waals surface area contributed by atoms with Gasteiger partial charge in [0.2, 0.25) is 0 Å². The standard InChI is InChI=1S/C17H11Cl2F3N2O5S3/c18-10-8-12(13(9-11(10)19)24-32(27,28)16-6-3-7-30-16)23-31(25,26)15-5-2-1-4-14(15)29-17(20,21)22/h1-9,23-24H. The van der Waals surface area contributed by atoms with Crippen LogP contribution in [0.4, 0.5) is 24.5 Å². The van der Waals surface area contributed by atoms with Crippen LogP contribution in [-0.4, -0.2) is 23.2 Å². The molecule has 32 heavy (non-hydrogen) atoms. The van der Waals surface area contributed by atoms with E-state index in [0.29, 0.717) is 0 Å². The molecule has 0 aliphatic rings. The lowest BCUT2D eigenvalue weighted by Gasteiger charge is -2.17. The molecule has 1 aromatic heterocycles. The van der Waals surface area contributed by atoms with Crippen LogP contribution in [0.5, 0.6) is 5.75 Å². The molecule has 0 bridgehead atoms. The van der Waals surface area contributed by atoms with E-state index < -0.39 is 37.1 Å². The predicted molar refractivity (Wildman–Crippen MR) is 116 cm³/mol. The minimum atomic E-state index is -5.14. The summed E-state index contributed by atoms with van der Waals surface area (Å²) in [5, 5.41) is 1.28. The van der Waals surface area contributed by atoms with Crippen LogP contribution in [0.25, 0.3) is 0 Å².